The Hall–Kier alpha value is -2.07. The van der Waals surface area contributed by atoms with Gasteiger partial charge in [-0.2, -0.15) is 0 Å². The van der Waals surface area contributed by atoms with E-state index in [1.54, 1.807) is 19.1 Å². The Kier molecular flexibility index (Phi) is 4.96. The smallest absolute Gasteiger partial charge is 0.286 e. The van der Waals surface area contributed by atoms with Gasteiger partial charge in [0.15, 0.2) is 5.76 Å². The molecule has 0 aliphatic rings. The van der Waals surface area contributed by atoms with Gasteiger partial charge in [-0.15, -0.1) is 0 Å². The maximum Gasteiger partial charge on any atom is 0.286 e. The SMILES string of the molecule is CC(O)CC(CNC(=O)c1ccco1)c1ccccc1. The van der Waals surface area contributed by atoms with Crippen LogP contribution in [0.1, 0.15) is 35.4 Å². The zero-order chi connectivity index (χ0) is 14.4. The van der Waals surface area contributed by atoms with Gasteiger partial charge in [-0.1, -0.05) is 30.3 Å². The van der Waals surface area contributed by atoms with Gasteiger partial charge in [0, 0.05) is 12.5 Å². The van der Waals surface area contributed by atoms with Crippen molar-refractivity contribution in [2.45, 2.75) is 25.4 Å². The Morgan fingerprint density at radius 1 is 1.25 bits per heavy atom. The molecule has 0 bridgehead atoms. The molecule has 2 rings (SSSR count). The van der Waals surface area contributed by atoms with Gasteiger partial charge in [0.2, 0.25) is 0 Å². The van der Waals surface area contributed by atoms with Gasteiger partial charge in [0.1, 0.15) is 0 Å². The quantitative estimate of drug-likeness (QED) is 0.850. The van der Waals surface area contributed by atoms with Gasteiger partial charge in [0.25, 0.3) is 5.91 Å². The Morgan fingerprint density at radius 2 is 2.00 bits per heavy atom. The van der Waals surface area contributed by atoms with Gasteiger partial charge >= 0.3 is 0 Å². The van der Waals surface area contributed by atoms with E-state index in [9.17, 15) is 9.90 Å². The van der Waals surface area contributed by atoms with Crippen molar-refractivity contribution in [3.8, 4) is 0 Å². The van der Waals surface area contributed by atoms with Crippen molar-refractivity contribution in [3.63, 3.8) is 0 Å². The zero-order valence-corrected chi connectivity index (χ0v) is 11.5. The Morgan fingerprint density at radius 3 is 2.60 bits per heavy atom. The topological polar surface area (TPSA) is 62.5 Å². The van der Waals surface area contributed by atoms with Crippen molar-refractivity contribution in [2.75, 3.05) is 6.54 Å². The maximum absolute atomic E-state index is 11.9. The summed E-state index contributed by atoms with van der Waals surface area (Å²) in [5.74, 6) is 0.144. The van der Waals surface area contributed by atoms with Gasteiger partial charge in [-0.05, 0) is 31.0 Å². The van der Waals surface area contributed by atoms with E-state index in [-0.39, 0.29) is 11.8 Å². The normalized spacial score (nSPS) is 13.7. The van der Waals surface area contributed by atoms with Crippen LogP contribution in [0.15, 0.2) is 53.1 Å². The maximum atomic E-state index is 11.9. The van der Waals surface area contributed by atoms with E-state index in [0.717, 1.165) is 5.56 Å². The van der Waals surface area contributed by atoms with Gasteiger partial charge < -0.3 is 14.8 Å². The van der Waals surface area contributed by atoms with Crippen molar-refractivity contribution in [2.24, 2.45) is 0 Å². The Labute approximate surface area is 118 Å². The number of hydrogen-bond donors (Lipinski definition) is 2. The molecule has 2 aromatic rings. The third kappa shape index (κ3) is 3.96. The molecule has 0 aliphatic heterocycles. The monoisotopic (exact) mass is 273 g/mol. The lowest BCUT2D eigenvalue weighted by molar-refractivity contribution is 0.0918. The molecule has 1 aromatic carbocycles. The molecule has 1 heterocycles. The van der Waals surface area contributed by atoms with Crippen LogP contribution >= 0.6 is 0 Å². The predicted octanol–water partition coefficient (Wildman–Crippen LogP) is 2.56. The molecule has 4 nitrogen and oxygen atoms in total. The highest BCUT2D eigenvalue weighted by Crippen LogP contribution is 2.20. The molecule has 0 saturated carbocycles. The first-order chi connectivity index (χ1) is 9.66. The molecule has 1 amide bonds. The van der Waals surface area contributed by atoms with Crippen LogP contribution in [-0.4, -0.2) is 23.7 Å². The zero-order valence-electron chi connectivity index (χ0n) is 11.5. The summed E-state index contributed by atoms with van der Waals surface area (Å²) in [6.07, 6.45) is 1.66. The number of aliphatic hydroxyl groups excluding tert-OH is 1. The number of amides is 1. The molecule has 0 aliphatic carbocycles. The van der Waals surface area contributed by atoms with E-state index >= 15 is 0 Å². The first kappa shape index (κ1) is 14.3. The summed E-state index contributed by atoms with van der Waals surface area (Å²) >= 11 is 0. The molecule has 20 heavy (non-hydrogen) atoms. The minimum Gasteiger partial charge on any atom is -0.459 e. The average molecular weight is 273 g/mol. The van der Waals surface area contributed by atoms with Crippen LogP contribution < -0.4 is 5.32 Å². The minimum atomic E-state index is -0.416. The van der Waals surface area contributed by atoms with Gasteiger partial charge in [-0.3, -0.25) is 4.79 Å². The number of rotatable bonds is 6. The summed E-state index contributed by atoms with van der Waals surface area (Å²) < 4.78 is 5.05. The first-order valence-corrected chi connectivity index (χ1v) is 6.71. The van der Waals surface area contributed by atoms with Crippen LogP contribution in [-0.2, 0) is 0 Å². The van der Waals surface area contributed by atoms with Gasteiger partial charge in [-0.25, -0.2) is 0 Å². The molecule has 0 spiro atoms. The molecular formula is C16H19NO3. The highest BCUT2D eigenvalue weighted by atomic mass is 16.3. The highest BCUT2D eigenvalue weighted by molar-refractivity contribution is 5.91. The number of aliphatic hydroxyl groups is 1. The number of benzene rings is 1. The van der Waals surface area contributed by atoms with Crippen LogP contribution in [0.25, 0.3) is 0 Å². The van der Waals surface area contributed by atoms with E-state index in [4.69, 9.17) is 4.42 Å². The van der Waals surface area contributed by atoms with Gasteiger partial charge in [0.05, 0.1) is 12.4 Å². The third-order valence-electron chi connectivity index (χ3n) is 3.15. The summed E-state index contributed by atoms with van der Waals surface area (Å²) in [6, 6.07) is 13.2. The number of carbonyl (C=O) groups is 1. The summed E-state index contributed by atoms with van der Waals surface area (Å²) in [5, 5.41) is 12.4. The van der Waals surface area contributed by atoms with Crippen LogP contribution in [0, 0.1) is 0 Å². The average Bonchev–Trinajstić information content (AvgIpc) is 2.98. The van der Waals surface area contributed by atoms with Crippen LogP contribution in [0.3, 0.4) is 0 Å². The molecule has 0 fully saturated rings. The van der Waals surface area contributed by atoms with E-state index in [1.807, 2.05) is 30.3 Å². The Balaban J connectivity index is 2.00. The second-order valence-electron chi connectivity index (χ2n) is 4.88. The lowest BCUT2D eigenvalue weighted by atomic mass is 9.93. The molecule has 2 unspecified atom stereocenters. The summed E-state index contributed by atoms with van der Waals surface area (Å²) in [5.41, 5.74) is 1.10. The van der Waals surface area contributed by atoms with Crippen molar-refractivity contribution in [1.82, 2.24) is 5.32 Å². The first-order valence-electron chi connectivity index (χ1n) is 6.71. The fraction of sp³-hybridized carbons (Fsp3) is 0.312. The number of nitrogens with one attached hydrogen (secondary N) is 1. The fourth-order valence-electron chi connectivity index (χ4n) is 2.19. The minimum absolute atomic E-state index is 0.0788. The van der Waals surface area contributed by atoms with Crippen LogP contribution in [0.5, 0.6) is 0 Å². The summed E-state index contributed by atoms with van der Waals surface area (Å²) in [4.78, 5) is 11.9. The number of furan rings is 1. The van der Waals surface area contributed by atoms with Crippen LogP contribution in [0.4, 0.5) is 0 Å². The fourth-order valence-corrected chi connectivity index (χ4v) is 2.19. The molecule has 0 saturated heterocycles. The second-order valence-corrected chi connectivity index (χ2v) is 4.88. The number of hydrogen-bond acceptors (Lipinski definition) is 3. The molecule has 106 valence electrons. The van der Waals surface area contributed by atoms with Crippen molar-refractivity contribution in [3.05, 3.63) is 60.1 Å². The van der Waals surface area contributed by atoms with E-state index in [2.05, 4.69) is 5.32 Å². The van der Waals surface area contributed by atoms with E-state index in [1.165, 1.54) is 6.26 Å². The molecular weight excluding hydrogens is 254 g/mol. The van der Waals surface area contributed by atoms with Crippen molar-refractivity contribution >= 4 is 5.91 Å². The van der Waals surface area contributed by atoms with E-state index < -0.39 is 6.10 Å². The Bertz CT molecular complexity index is 520. The molecule has 2 atom stereocenters. The molecule has 2 N–H and O–H groups in total. The standard InChI is InChI=1S/C16H19NO3/c1-12(18)10-14(13-6-3-2-4-7-13)11-17-16(19)15-8-5-9-20-15/h2-9,12,14,18H,10-11H2,1H3,(H,17,19). The van der Waals surface area contributed by atoms with Crippen molar-refractivity contribution in [1.29, 1.82) is 0 Å². The lowest BCUT2D eigenvalue weighted by Gasteiger charge is -2.19. The second kappa shape index (κ2) is 6.91. The van der Waals surface area contributed by atoms with E-state index in [0.29, 0.717) is 18.7 Å². The summed E-state index contributed by atoms with van der Waals surface area (Å²) in [6.45, 7) is 2.22. The molecule has 0 radical (unpaired) electrons. The predicted molar refractivity (Wildman–Crippen MR) is 76.5 cm³/mol. The molecule has 1 aromatic heterocycles. The largest absolute Gasteiger partial charge is 0.459 e. The van der Waals surface area contributed by atoms with Crippen LogP contribution in [0.2, 0.25) is 0 Å². The summed E-state index contributed by atoms with van der Waals surface area (Å²) in [7, 11) is 0. The highest BCUT2D eigenvalue weighted by Gasteiger charge is 2.16. The molecule has 4 heteroatoms. The lowest BCUT2D eigenvalue weighted by Crippen LogP contribution is -2.29. The third-order valence-corrected chi connectivity index (χ3v) is 3.15. The number of carbonyl (C=O) groups excluding carboxylic acids is 1. The van der Waals surface area contributed by atoms with Crippen molar-refractivity contribution < 1.29 is 14.3 Å².